The van der Waals surface area contributed by atoms with Crippen molar-refractivity contribution in [2.75, 3.05) is 6.61 Å². The van der Waals surface area contributed by atoms with Crippen LogP contribution in [0.25, 0.3) is 18.2 Å². The van der Waals surface area contributed by atoms with Gasteiger partial charge in [0.05, 0.1) is 0 Å². The van der Waals surface area contributed by atoms with E-state index in [0.29, 0.717) is 11.6 Å². The van der Waals surface area contributed by atoms with Crippen LogP contribution in [0.15, 0.2) is 90.5 Å². The van der Waals surface area contributed by atoms with Crippen molar-refractivity contribution in [2.24, 2.45) is 0 Å². The van der Waals surface area contributed by atoms with E-state index < -0.39 is 0 Å². The Bertz CT molecular complexity index is 1010. The minimum absolute atomic E-state index is 0.251. The first-order chi connectivity index (χ1) is 15.5. The van der Waals surface area contributed by atoms with Crippen LogP contribution in [0.4, 0.5) is 0 Å². The van der Waals surface area contributed by atoms with Gasteiger partial charge in [0.15, 0.2) is 6.29 Å². The second-order valence-electron chi connectivity index (χ2n) is 7.16. The van der Waals surface area contributed by atoms with Crippen molar-refractivity contribution < 1.29 is 14.6 Å². The Morgan fingerprint density at radius 1 is 0.844 bits per heavy atom. The van der Waals surface area contributed by atoms with Crippen LogP contribution in [0, 0.1) is 0 Å². The molecule has 32 heavy (non-hydrogen) atoms. The van der Waals surface area contributed by atoms with Crippen molar-refractivity contribution in [2.45, 2.75) is 20.1 Å². The summed E-state index contributed by atoms with van der Waals surface area (Å²) >= 11 is 5.99. The van der Waals surface area contributed by atoms with Crippen molar-refractivity contribution in [3.05, 3.63) is 112 Å². The van der Waals surface area contributed by atoms with Crippen LogP contribution in [-0.2, 0) is 4.74 Å². The summed E-state index contributed by atoms with van der Waals surface area (Å²) in [4.78, 5) is 0. The van der Waals surface area contributed by atoms with Gasteiger partial charge in [-0.1, -0.05) is 72.3 Å². The van der Waals surface area contributed by atoms with E-state index in [0.717, 1.165) is 28.0 Å². The summed E-state index contributed by atoms with van der Waals surface area (Å²) in [5, 5.41) is 10.2. The van der Waals surface area contributed by atoms with Gasteiger partial charge in [0.2, 0.25) is 0 Å². The highest BCUT2D eigenvalue weighted by Crippen LogP contribution is 2.19. The number of phenols is 1. The summed E-state index contributed by atoms with van der Waals surface area (Å²) in [6.07, 6.45) is 9.97. The molecule has 0 saturated carbocycles. The predicted octanol–water partition coefficient (Wildman–Crippen LogP) is 7.62. The largest absolute Gasteiger partial charge is 0.508 e. The van der Waals surface area contributed by atoms with E-state index in [1.807, 2.05) is 92.7 Å². The maximum absolute atomic E-state index is 9.49. The van der Waals surface area contributed by atoms with E-state index in [4.69, 9.17) is 21.1 Å². The topological polar surface area (TPSA) is 38.7 Å². The van der Waals surface area contributed by atoms with E-state index in [9.17, 15) is 5.11 Å². The number of halogens is 1. The van der Waals surface area contributed by atoms with Crippen molar-refractivity contribution in [1.82, 2.24) is 0 Å². The van der Waals surface area contributed by atoms with E-state index in [2.05, 4.69) is 12.2 Å². The summed E-state index contributed by atoms with van der Waals surface area (Å²) in [6.45, 7) is 4.43. The summed E-state index contributed by atoms with van der Waals surface area (Å²) in [6, 6.07) is 22.7. The van der Waals surface area contributed by atoms with Gasteiger partial charge >= 0.3 is 0 Å². The van der Waals surface area contributed by atoms with Gasteiger partial charge in [-0.2, -0.15) is 0 Å². The van der Waals surface area contributed by atoms with Crippen LogP contribution in [0.1, 0.15) is 30.5 Å². The average molecular weight is 447 g/mol. The van der Waals surface area contributed by atoms with Crippen molar-refractivity contribution in [1.29, 1.82) is 0 Å². The van der Waals surface area contributed by atoms with Crippen LogP contribution >= 0.6 is 11.6 Å². The molecular formula is C28H27ClO3. The minimum atomic E-state index is -0.285. The number of hydrogen-bond donors (Lipinski definition) is 1. The standard InChI is InChI=1S/C28H27ClO3/c1-3-31-21(2)32-28-18-12-25(13-19-28)20-24(6-4-22-8-14-26(29)15-9-22)7-5-23-10-16-27(30)17-11-23/h4-21,30H,3H2,1-2H3. The normalized spacial score (nSPS) is 13.0. The van der Waals surface area contributed by atoms with Gasteiger partial charge in [-0.25, -0.2) is 0 Å². The fraction of sp³-hybridized carbons (Fsp3) is 0.143. The van der Waals surface area contributed by atoms with Gasteiger partial charge in [-0.15, -0.1) is 0 Å². The average Bonchev–Trinajstić information content (AvgIpc) is 2.79. The third kappa shape index (κ3) is 7.77. The number of rotatable bonds is 9. The monoisotopic (exact) mass is 446 g/mol. The highest BCUT2D eigenvalue weighted by atomic mass is 35.5. The summed E-state index contributed by atoms with van der Waals surface area (Å²) in [5.74, 6) is 1.02. The van der Waals surface area contributed by atoms with E-state index in [1.54, 1.807) is 12.1 Å². The van der Waals surface area contributed by atoms with E-state index in [-0.39, 0.29) is 12.0 Å². The molecule has 164 valence electrons. The lowest BCUT2D eigenvalue weighted by Gasteiger charge is -2.14. The third-order valence-corrected chi connectivity index (χ3v) is 4.87. The van der Waals surface area contributed by atoms with Gasteiger partial charge < -0.3 is 14.6 Å². The zero-order chi connectivity index (χ0) is 22.8. The van der Waals surface area contributed by atoms with E-state index in [1.165, 1.54) is 0 Å². The number of hydrogen-bond acceptors (Lipinski definition) is 3. The van der Waals surface area contributed by atoms with Crippen LogP contribution in [-0.4, -0.2) is 18.0 Å². The summed E-state index contributed by atoms with van der Waals surface area (Å²) < 4.78 is 11.2. The smallest absolute Gasteiger partial charge is 0.196 e. The highest BCUT2D eigenvalue weighted by molar-refractivity contribution is 6.30. The highest BCUT2D eigenvalue weighted by Gasteiger charge is 2.02. The maximum atomic E-state index is 9.49. The van der Waals surface area contributed by atoms with Gasteiger partial charge in [-0.05, 0) is 78.6 Å². The maximum Gasteiger partial charge on any atom is 0.196 e. The molecule has 1 unspecified atom stereocenters. The number of ether oxygens (including phenoxy) is 2. The van der Waals surface area contributed by atoms with Crippen molar-refractivity contribution in [3.63, 3.8) is 0 Å². The lowest BCUT2D eigenvalue weighted by molar-refractivity contribution is -0.0613. The van der Waals surface area contributed by atoms with Gasteiger partial charge in [0.25, 0.3) is 0 Å². The molecule has 0 heterocycles. The Balaban J connectivity index is 1.82. The zero-order valence-corrected chi connectivity index (χ0v) is 19.0. The molecule has 0 aliphatic carbocycles. The molecule has 3 nitrogen and oxygen atoms in total. The molecule has 0 radical (unpaired) electrons. The number of allylic oxidation sites excluding steroid dienone is 3. The molecule has 3 aromatic rings. The molecule has 3 rings (SSSR count). The second kappa shape index (κ2) is 11.9. The molecule has 0 aliphatic rings. The fourth-order valence-corrected chi connectivity index (χ4v) is 3.12. The lowest BCUT2D eigenvalue weighted by Crippen LogP contribution is -2.15. The molecule has 0 spiro atoms. The minimum Gasteiger partial charge on any atom is -0.508 e. The third-order valence-electron chi connectivity index (χ3n) is 4.62. The lowest BCUT2D eigenvalue weighted by atomic mass is 10.1. The van der Waals surface area contributed by atoms with Crippen LogP contribution in [0.2, 0.25) is 5.02 Å². The molecule has 0 aromatic heterocycles. The first-order valence-corrected chi connectivity index (χ1v) is 10.9. The Morgan fingerprint density at radius 2 is 1.38 bits per heavy atom. The molecule has 0 amide bonds. The summed E-state index contributed by atoms with van der Waals surface area (Å²) in [5.41, 5.74) is 4.13. The SMILES string of the molecule is CCOC(C)Oc1ccc(C=C(C=Cc2ccc(O)cc2)C=Cc2ccc(Cl)cc2)cc1. The zero-order valence-electron chi connectivity index (χ0n) is 18.2. The summed E-state index contributed by atoms with van der Waals surface area (Å²) in [7, 11) is 0. The Kier molecular flexibility index (Phi) is 8.73. The quantitative estimate of drug-likeness (QED) is 0.271. The predicted molar refractivity (Wildman–Crippen MR) is 134 cm³/mol. The van der Waals surface area contributed by atoms with Gasteiger partial charge in [0.1, 0.15) is 11.5 Å². The second-order valence-corrected chi connectivity index (χ2v) is 7.60. The Labute approximate surface area is 194 Å². The van der Waals surface area contributed by atoms with Crippen molar-refractivity contribution in [3.8, 4) is 11.5 Å². The molecule has 3 aromatic carbocycles. The Morgan fingerprint density at radius 3 is 1.94 bits per heavy atom. The molecular weight excluding hydrogens is 420 g/mol. The molecule has 4 heteroatoms. The van der Waals surface area contributed by atoms with Crippen LogP contribution in [0.3, 0.4) is 0 Å². The van der Waals surface area contributed by atoms with E-state index >= 15 is 0 Å². The van der Waals surface area contributed by atoms with Gasteiger partial charge in [-0.3, -0.25) is 0 Å². The molecule has 0 aliphatic heterocycles. The van der Waals surface area contributed by atoms with Crippen LogP contribution < -0.4 is 4.74 Å². The first-order valence-electron chi connectivity index (χ1n) is 10.5. The van der Waals surface area contributed by atoms with Crippen LogP contribution in [0.5, 0.6) is 11.5 Å². The Hall–Kier alpha value is -3.27. The fourth-order valence-electron chi connectivity index (χ4n) is 2.99. The number of aromatic hydroxyl groups is 1. The van der Waals surface area contributed by atoms with Crippen molar-refractivity contribution >= 4 is 29.8 Å². The molecule has 1 N–H and O–H groups in total. The van der Waals surface area contributed by atoms with Gasteiger partial charge in [0, 0.05) is 11.6 Å². The molecule has 1 atom stereocenters. The first kappa shape index (κ1) is 23.4. The number of benzene rings is 3. The molecule has 0 bridgehead atoms. The molecule has 0 fully saturated rings. The number of phenolic OH excluding ortho intramolecular Hbond substituents is 1. The molecule has 0 saturated heterocycles.